The van der Waals surface area contributed by atoms with E-state index in [9.17, 15) is 17.6 Å². The Balaban J connectivity index is 2.87. The van der Waals surface area contributed by atoms with Gasteiger partial charge in [-0.05, 0) is 43.8 Å². The summed E-state index contributed by atoms with van der Waals surface area (Å²) in [6, 6.07) is 2.50. The van der Waals surface area contributed by atoms with Gasteiger partial charge in [0.1, 0.15) is 5.82 Å². The van der Waals surface area contributed by atoms with Crippen molar-refractivity contribution in [2.45, 2.75) is 12.6 Å². The third-order valence-electron chi connectivity index (χ3n) is 2.12. The summed E-state index contributed by atoms with van der Waals surface area (Å²) in [6.07, 6.45) is -0.662. The first kappa shape index (κ1) is 13.7. The molecule has 0 aromatic heterocycles. The third-order valence-corrected chi connectivity index (χ3v) is 2.12. The lowest BCUT2D eigenvalue weighted by Crippen LogP contribution is -2.06. The van der Waals surface area contributed by atoms with Crippen molar-refractivity contribution in [3.8, 4) is 0 Å². The van der Waals surface area contributed by atoms with E-state index in [1.807, 2.05) is 0 Å². The van der Waals surface area contributed by atoms with Gasteiger partial charge in [-0.1, -0.05) is 12.2 Å². The Morgan fingerprint density at radius 1 is 1.24 bits per heavy atom. The summed E-state index contributed by atoms with van der Waals surface area (Å²) in [6.45, 7) is 0.720. The Hall–Kier alpha value is -1.36. The van der Waals surface area contributed by atoms with Crippen LogP contribution in [0.4, 0.5) is 17.6 Å². The van der Waals surface area contributed by atoms with Gasteiger partial charge in [0.05, 0.1) is 5.56 Å². The predicted octanol–water partition coefficient (Wildman–Crippen LogP) is 3.47. The number of halogens is 4. The molecule has 1 aromatic carbocycles. The van der Waals surface area contributed by atoms with E-state index in [-0.39, 0.29) is 5.56 Å². The van der Waals surface area contributed by atoms with Crippen molar-refractivity contribution in [2.24, 2.45) is 0 Å². The van der Waals surface area contributed by atoms with Gasteiger partial charge in [-0.3, -0.25) is 0 Å². The Kier molecular flexibility index (Phi) is 4.69. The molecule has 0 aliphatic carbocycles. The van der Waals surface area contributed by atoms with E-state index in [4.69, 9.17) is 0 Å². The van der Waals surface area contributed by atoms with Crippen LogP contribution in [0.25, 0.3) is 6.08 Å². The van der Waals surface area contributed by atoms with Crippen molar-refractivity contribution in [3.05, 3.63) is 41.2 Å². The Morgan fingerprint density at radius 2 is 1.94 bits per heavy atom. The van der Waals surface area contributed by atoms with Gasteiger partial charge < -0.3 is 5.32 Å². The molecule has 0 bridgehead atoms. The molecule has 0 aliphatic rings. The van der Waals surface area contributed by atoms with Crippen LogP contribution in [-0.2, 0) is 6.18 Å². The van der Waals surface area contributed by atoms with Crippen molar-refractivity contribution in [2.75, 3.05) is 13.6 Å². The van der Waals surface area contributed by atoms with Crippen LogP contribution in [0.2, 0.25) is 0 Å². The fourth-order valence-corrected chi connectivity index (χ4v) is 1.32. The number of nitrogens with one attached hydrogen (secondary N) is 1. The van der Waals surface area contributed by atoms with Gasteiger partial charge in [0, 0.05) is 0 Å². The first-order valence-electron chi connectivity index (χ1n) is 5.12. The summed E-state index contributed by atoms with van der Waals surface area (Å²) in [5.74, 6) is -0.881. The van der Waals surface area contributed by atoms with Crippen molar-refractivity contribution in [1.82, 2.24) is 5.32 Å². The summed E-state index contributed by atoms with van der Waals surface area (Å²) >= 11 is 0. The highest BCUT2D eigenvalue weighted by molar-refractivity contribution is 5.51. The molecular formula is C12H13F4N. The molecular weight excluding hydrogens is 234 g/mol. The maximum Gasteiger partial charge on any atom is 0.416 e. The van der Waals surface area contributed by atoms with Crippen LogP contribution in [0.3, 0.4) is 0 Å². The van der Waals surface area contributed by atoms with E-state index < -0.39 is 17.6 Å². The maximum atomic E-state index is 13.0. The molecule has 0 unspecified atom stereocenters. The van der Waals surface area contributed by atoms with Crippen molar-refractivity contribution >= 4 is 6.08 Å². The molecule has 0 saturated heterocycles. The van der Waals surface area contributed by atoms with E-state index in [1.165, 1.54) is 6.08 Å². The largest absolute Gasteiger partial charge is 0.416 e. The Bertz CT molecular complexity index is 396. The molecule has 1 N–H and O–H groups in total. The minimum absolute atomic E-state index is 0.216. The lowest BCUT2D eigenvalue weighted by atomic mass is 10.1. The van der Waals surface area contributed by atoms with E-state index in [1.54, 1.807) is 13.1 Å². The number of benzene rings is 1. The van der Waals surface area contributed by atoms with E-state index >= 15 is 0 Å². The molecule has 17 heavy (non-hydrogen) atoms. The van der Waals surface area contributed by atoms with Gasteiger partial charge >= 0.3 is 6.18 Å². The van der Waals surface area contributed by atoms with Crippen LogP contribution in [-0.4, -0.2) is 13.6 Å². The van der Waals surface area contributed by atoms with Gasteiger partial charge in [-0.2, -0.15) is 13.2 Å². The van der Waals surface area contributed by atoms with Crippen LogP contribution < -0.4 is 5.32 Å². The lowest BCUT2D eigenvalue weighted by Gasteiger charge is -2.07. The second-order valence-corrected chi connectivity index (χ2v) is 3.57. The quantitative estimate of drug-likeness (QED) is 0.634. The minimum atomic E-state index is -4.52. The topological polar surface area (TPSA) is 12.0 Å². The zero-order valence-electron chi connectivity index (χ0n) is 9.31. The molecule has 0 heterocycles. The Morgan fingerprint density at radius 3 is 2.53 bits per heavy atom. The number of alkyl halides is 3. The summed E-state index contributed by atoms with van der Waals surface area (Å²) in [5, 5.41) is 2.90. The second kappa shape index (κ2) is 5.82. The van der Waals surface area contributed by atoms with E-state index in [2.05, 4.69) is 5.32 Å². The first-order valence-corrected chi connectivity index (χ1v) is 5.12. The molecule has 1 aromatic rings. The van der Waals surface area contributed by atoms with Crippen molar-refractivity contribution in [3.63, 3.8) is 0 Å². The number of rotatable bonds is 4. The Labute approximate surface area is 97.1 Å². The summed E-state index contributed by atoms with van der Waals surface area (Å²) in [5.41, 5.74) is -0.751. The van der Waals surface area contributed by atoms with Crippen LogP contribution in [0.15, 0.2) is 24.3 Å². The maximum absolute atomic E-state index is 13.0. The van der Waals surface area contributed by atoms with E-state index in [0.717, 1.165) is 18.7 Å². The standard InChI is InChI=1S/C12H13F4N/c1-17-5-3-2-4-9-6-10(12(14,15)16)8-11(13)7-9/h2,4,6-8,17H,3,5H2,1H3. The van der Waals surface area contributed by atoms with E-state index in [0.29, 0.717) is 12.5 Å². The zero-order chi connectivity index (χ0) is 12.9. The van der Waals surface area contributed by atoms with Gasteiger partial charge in [-0.25, -0.2) is 4.39 Å². The molecule has 0 atom stereocenters. The number of hydrogen-bond acceptors (Lipinski definition) is 1. The molecule has 0 fully saturated rings. The molecule has 0 aliphatic heterocycles. The molecule has 0 radical (unpaired) electrons. The second-order valence-electron chi connectivity index (χ2n) is 3.57. The number of hydrogen-bond donors (Lipinski definition) is 1. The highest BCUT2D eigenvalue weighted by Gasteiger charge is 2.31. The van der Waals surface area contributed by atoms with Gasteiger partial charge in [0.2, 0.25) is 0 Å². The SMILES string of the molecule is CNCCC=Cc1cc(F)cc(C(F)(F)F)c1. The average Bonchev–Trinajstić information content (AvgIpc) is 2.22. The highest BCUT2D eigenvalue weighted by atomic mass is 19.4. The highest BCUT2D eigenvalue weighted by Crippen LogP contribution is 2.30. The fraction of sp³-hybridized carbons (Fsp3) is 0.333. The van der Waals surface area contributed by atoms with Gasteiger partial charge in [-0.15, -0.1) is 0 Å². The molecule has 1 nitrogen and oxygen atoms in total. The molecule has 0 amide bonds. The molecule has 1 rings (SSSR count). The average molecular weight is 247 g/mol. The molecule has 5 heteroatoms. The monoisotopic (exact) mass is 247 g/mol. The zero-order valence-corrected chi connectivity index (χ0v) is 9.31. The first-order chi connectivity index (χ1) is 7.93. The van der Waals surface area contributed by atoms with Gasteiger partial charge in [0.15, 0.2) is 0 Å². The predicted molar refractivity (Wildman–Crippen MR) is 59.0 cm³/mol. The molecule has 0 spiro atoms. The van der Waals surface area contributed by atoms with Crippen LogP contribution in [0, 0.1) is 5.82 Å². The van der Waals surface area contributed by atoms with Crippen molar-refractivity contribution in [1.29, 1.82) is 0 Å². The molecule has 0 saturated carbocycles. The van der Waals surface area contributed by atoms with Crippen LogP contribution in [0.5, 0.6) is 0 Å². The smallest absolute Gasteiger partial charge is 0.319 e. The lowest BCUT2D eigenvalue weighted by molar-refractivity contribution is -0.137. The summed E-state index contributed by atoms with van der Waals surface area (Å²) in [4.78, 5) is 0. The fourth-order valence-electron chi connectivity index (χ4n) is 1.32. The van der Waals surface area contributed by atoms with Gasteiger partial charge in [0.25, 0.3) is 0 Å². The third kappa shape index (κ3) is 4.56. The normalized spacial score (nSPS) is 12.3. The minimum Gasteiger partial charge on any atom is -0.319 e. The van der Waals surface area contributed by atoms with Crippen LogP contribution in [0.1, 0.15) is 17.5 Å². The molecule has 94 valence electrons. The van der Waals surface area contributed by atoms with Crippen LogP contribution >= 0.6 is 0 Å². The summed E-state index contributed by atoms with van der Waals surface area (Å²) < 4.78 is 50.2. The van der Waals surface area contributed by atoms with Crippen molar-refractivity contribution < 1.29 is 17.6 Å². The summed E-state index contributed by atoms with van der Waals surface area (Å²) in [7, 11) is 1.78.